The van der Waals surface area contributed by atoms with Crippen molar-refractivity contribution in [2.75, 3.05) is 0 Å². The van der Waals surface area contributed by atoms with Gasteiger partial charge < -0.3 is 4.79 Å². The number of rotatable bonds is 26. The van der Waals surface area contributed by atoms with Gasteiger partial charge >= 0.3 is 0 Å². The lowest BCUT2D eigenvalue weighted by molar-refractivity contribution is -0.119. The van der Waals surface area contributed by atoms with Crippen LogP contribution >= 0.6 is 0 Å². The Hall–Kier alpha value is -0.660. The van der Waals surface area contributed by atoms with Crippen molar-refractivity contribution in [3.8, 4) is 0 Å². The summed E-state index contributed by atoms with van der Waals surface area (Å²) in [5.41, 5.74) is 0. The lowest BCUT2D eigenvalue weighted by Gasteiger charge is -2.04. The van der Waals surface area contributed by atoms with Crippen LogP contribution in [0.5, 0.6) is 0 Å². The number of hydrogen-bond acceptors (Lipinski definition) is 2. The van der Waals surface area contributed by atoms with Crippen LogP contribution in [0.1, 0.15) is 167 Å². The van der Waals surface area contributed by atoms with Crippen molar-refractivity contribution in [1.29, 1.82) is 0 Å². The zero-order valence-electron chi connectivity index (χ0n) is 20.6. The highest BCUT2D eigenvalue weighted by atomic mass is 16.1. The van der Waals surface area contributed by atoms with Crippen molar-refractivity contribution < 1.29 is 9.59 Å². The van der Waals surface area contributed by atoms with Gasteiger partial charge in [0.05, 0.1) is 0 Å². The summed E-state index contributed by atoms with van der Waals surface area (Å²) in [5, 5.41) is 0. The van der Waals surface area contributed by atoms with Gasteiger partial charge in [-0.05, 0) is 19.3 Å². The molecule has 2 heteroatoms. The topological polar surface area (TPSA) is 34.1 Å². The predicted octanol–water partition coefficient (Wildman–Crippen LogP) is 9.53. The number of carbonyl (C=O) groups is 2. The standard InChI is InChI=1S/C28H54O2/c1-2-3-4-5-6-7-8-9-10-11-12-13-14-15-16-19-22-25-28(30)26-23-20-17-18-21-24-27-29/h27H,2-26H2,1H3. The first-order chi connectivity index (χ1) is 14.8. The van der Waals surface area contributed by atoms with Gasteiger partial charge in [0.2, 0.25) is 0 Å². The maximum absolute atomic E-state index is 11.9. The Labute approximate surface area is 189 Å². The Kier molecular flexibility index (Phi) is 25.8. The summed E-state index contributed by atoms with van der Waals surface area (Å²) in [6.45, 7) is 2.29. The second-order valence-electron chi connectivity index (χ2n) is 9.42. The van der Waals surface area contributed by atoms with E-state index in [1.165, 1.54) is 109 Å². The zero-order valence-corrected chi connectivity index (χ0v) is 20.6. The number of aldehydes is 1. The molecule has 0 N–H and O–H groups in total. The third-order valence-electron chi connectivity index (χ3n) is 6.34. The molecule has 0 unspecified atom stereocenters. The number of unbranched alkanes of at least 4 members (excludes halogenated alkanes) is 21. The van der Waals surface area contributed by atoms with Gasteiger partial charge in [-0.25, -0.2) is 0 Å². The van der Waals surface area contributed by atoms with Crippen LogP contribution in [0.4, 0.5) is 0 Å². The Morgan fingerprint density at radius 3 is 1.10 bits per heavy atom. The van der Waals surface area contributed by atoms with E-state index in [2.05, 4.69) is 6.92 Å². The van der Waals surface area contributed by atoms with Crippen LogP contribution in [0.25, 0.3) is 0 Å². The van der Waals surface area contributed by atoms with Crippen LogP contribution in [0.15, 0.2) is 0 Å². The number of Topliss-reactive ketones (excluding diaryl/α,β-unsaturated/α-hetero) is 1. The lowest BCUT2D eigenvalue weighted by atomic mass is 10.0. The quantitative estimate of drug-likeness (QED) is 0.103. The van der Waals surface area contributed by atoms with Gasteiger partial charge in [-0.3, -0.25) is 4.79 Å². The van der Waals surface area contributed by atoms with E-state index in [9.17, 15) is 9.59 Å². The summed E-state index contributed by atoms with van der Waals surface area (Å²) < 4.78 is 0. The molecule has 30 heavy (non-hydrogen) atoms. The van der Waals surface area contributed by atoms with E-state index in [1.807, 2.05) is 0 Å². The largest absolute Gasteiger partial charge is 0.303 e. The van der Waals surface area contributed by atoms with Crippen LogP contribution in [0.2, 0.25) is 0 Å². The molecule has 2 nitrogen and oxygen atoms in total. The molecule has 0 spiro atoms. The van der Waals surface area contributed by atoms with Crippen molar-refractivity contribution in [2.45, 2.75) is 167 Å². The van der Waals surface area contributed by atoms with Crippen LogP contribution < -0.4 is 0 Å². The smallest absolute Gasteiger partial charge is 0.132 e. The molecular formula is C28H54O2. The molecule has 0 aliphatic heterocycles. The minimum Gasteiger partial charge on any atom is -0.303 e. The molecule has 0 aliphatic carbocycles. The molecule has 0 aliphatic rings. The maximum atomic E-state index is 11.9. The van der Waals surface area contributed by atoms with Crippen LogP contribution in [0, 0.1) is 0 Å². The summed E-state index contributed by atoms with van der Waals surface area (Å²) in [7, 11) is 0. The van der Waals surface area contributed by atoms with Gasteiger partial charge in [0.15, 0.2) is 0 Å². The molecule has 0 aromatic rings. The van der Waals surface area contributed by atoms with Gasteiger partial charge in [-0.2, -0.15) is 0 Å². The van der Waals surface area contributed by atoms with Gasteiger partial charge in [0.1, 0.15) is 12.1 Å². The van der Waals surface area contributed by atoms with Crippen molar-refractivity contribution in [2.24, 2.45) is 0 Å². The minimum atomic E-state index is 0.462. The molecule has 0 saturated heterocycles. The second kappa shape index (κ2) is 26.4. The van der Waals surface area contributed by atoms with E-state index in [1.54, 1.807) is 0 Å². The Morgan fingerprint density at radius 2 is 0.767 bits per heavy atom. The van der Waals surface area contributed by atoms with E-state index in [0.717, 1.165) is 51.2 Å². The Bertz CT molecular complexity index is 351. The molecule has 0 rings (SSSR count). The first kappa shape index (κ1) is 29.3. The van der Waals surface area contributed by atoms with Crippen LogP contribution in [-0.2, 0) is 9.59 Å². The number of hydrogen-bond donors (Lipinski definition) is 0. The molecular weight excluding hydrogens is 368 g/mol. The van der Waals surface area contributed by atoms with Crippen LogP contribution in [0.3, 0.4) is 0 Å². The summed E-state index contributed by atoms with van der Waals surface area (Å²) >= 11 is 0. The second-order valence-corrected chi connectivity index (χ2v) is 9.42. The van der Waals surface area contributed by atoms with E-state index >= 15 is 0 Å². The fourth-order valence-corrected chi connectivity index (χ4v) is 4.25. The molecule has 0 atom stereocenters. The maximum Gasteiger partial charge on any atom is 0.132 e. The SMILES string of the molecule is CCCCCCCCCCCCCCCCCCCC(=O)CCCCCCCC=O. The molecule has 0 saturated carbocycles. The predicted molar refractivity (Wildman–Crippen MR) is 132 cm³/mol. The highest BCUT2D eigenvalue weighted by Gasteiger charge is 2.02. The molecule has 0 heterocycles. The Morgan fingerprint density at radius 1 is 0.467 bits per heavy atom. The molecule has 178 valence electrons. The summed E-state index contributed by atoms with van der Waals surface area (Å²) in [6.07, 6.45) is 32.3. The van der Waals surface area contributed by atoms with Crippen molar-refractivity contribution in [1.82, 2.24) is 0 Å². The van der Waals surface area contributed by atoms with Crippen molar-refractivity contribution in [3.63, 3.8) is 0 Å². The summed E-state index contributed by atoms with van der Waals surface area (Å²) in [4.78, 5) is 22.1. The van der Waals surface area contributed by atoms with Crippen molar-refractivity contribution in [3.05, 3.63) is 0 Å². The first-order valence-electron chi connectivity index (χ1n) is 13.8. The molecule has 0 radical (unpaired) electrons. The van der Waals surface area contributed by atoms with Gasteiger partial charge in [0.25, 0.3) is 0 Å². The fourth-order valence-electron chi connectivity index (χ4n) is 4.25. The van der Waals surface area contributed by atoms with E-state index in [-0.39, 0.29) is 0 Å². The van der Waals surface area contributed by atoms with Crippen molar-refractivity contribution >= 4 is 12.1 Å². The molecule has 0 aromatic heterocycles. The third-order valence-corrected chi connectivity index (χ3v) is 6.34. The molecule has 0 aromatic carbocycles. The fraction of sp³-hybridized carbons (Fsp3) is 0.929. The Balaban J connectivity index is 3.11. The van der Waals surface area contributed by atoms with Gasteiger partial charge in [0, 0.05) is 19.3 Å². The highest BCUT2D eigenvalue weighted by molar-refractivity contribution is 5.78. The normalized spacial score (nSPS) is 11.1. The van der Waals surface area contributed by atoms with Gasteiger partial charge in [-0.15, -0.1) is 0 Å². The average molecular weight is 423 g/mol. The first-order valence-corrected chi connectivity index (χ1v) is 13.8. The monoisotopic (exact) mass is 422 g/mol. The van der Waals surface area contributed by atoms with E-state index in [0.29, 0.717) is 12.2 Å². The molecule has 0 bridgehead atoms. The third kappa shape index (κ3) is 25.4. The minimum absolute atomic E-state index is 0.462. The average Bonchev–Trinajstić information content (AvgIpc) is 2.75. The number of carbonyl (C=O) groups excluding carboxylic acids is 2. The van der Waals surface area contributed by atoms with Crippen LogP contribution in [-0.4, -0.2) is 12.1 Å². The van der Waals surface area contributed by atoms with Gasteiger partial charge in [-0.1, -0.05) is 129 Å². The van der Waals surface area contributed by atoms with E-state index in [4.69, 9.17) is 0 Å². The number of ketones is 1. The summed E-state index contributed by atoms with van der Waals surface area (Å²) in [5.74, 6) is 0.462. The highest BCUT2D eigenvalue weighted by Crippen LogP contribution is 2.15. The molecule has 0 amide bonds. The summed E-state index contributed by atoms with van der Waals surface area (Å²) in [6, 6.07) is 0. The van der Waals surface area contributed by atoms with E-state index < -0.39 is 0 Å². The lowest BCUT2D eigenvalue weighted by Crippen LogP contribution is -1.97. The zero-order chi connectivity index (χ0) is 22.0. The molecule has 0 fully saturated rings.